The molecule has 0 radical (unpaired) electrons. The highest BCUT2D eigenvalue weighted by Gasteiger charge is 2.28. The fraction of sp³-hybridized carbons (Fsp3) is 0.250. The summed E-state index contributed by atoms with van der Waals surface area (Å²) in [5.74, 6) is -1.53. The average molecular weight is 417 g/mol. The summed E-state index contributed by atoms with van der Waals surface area (Å²) in [6, 6.07) is 5.00. The van der Waals surface area contributed by atoms with Crippen molar-refractivity contribution in [2.45, 2.75) is 24.5 Å². The van der Waals surface area contributed by atoms with E-state index in [9.17, 15) is 22.0 Å². The topological polar surface area (TPSA) is 104 Å². The van der Waals surface area contributed by atoms with Crippen LogP contribution in [0, 0.1) is 17.1 Å². The normalized spacial score (nSPS) is 12.4. The zero-order valence-corrected chi connectivity index (χ0v) is 15.8. The Morgan fingerprint density at radius 2 is 2.11 bits per heavy atom. The highest BCUT2D eigenvalue weighted by Crippen LogP contribution is 2.28. The number of nitriles is 1. The second-order valence-corrected chi connectivity index (χ2v) is 7.58. The Bertz CT molecular complexity index is 1030. The van der Waals surface area contributed by atoms with Crippen molar-refractivity contribution in [2.75, 3.05) is 5.32 Å². The fourth-order valence-electron chi connectivity index (χ4n) is 2.21. The molecule has 1 amide bonds. The van der Waals surface area contributed by atoms with Gasteiger partial charge in [0.05, 0.1) is 10.6 Å². The number of aryl methyl sites for hydroxylation is 1. The maximum Gasteiger partial charge on any atom is 0.273 e. The number of alkyl halides is 1. The minimum absolute atomic E-state index is 0.0805. The van der Waals surface area contributed by atoms with Crippen LogP contribution in [-0.4, -0.2) is 25.2 Å². The molecule has 0 fully saturated rings. The third kappa shape index (κ3) is 4.44. The van der Waals surface area contributed by atoms with E-state index in [1.807, 2.05) is 4.72 Å². The van der Waals surface area contributed by atoms with E-state index in [-0.39, 0.29) is 23.4 Å². The monoisotopic (exact) mass is 416 g/mol. The number of aromatic nitrogens is 1. The Labute approximate surface area is 159 Å². The fourth-order valence-corrected chi connectivity index (χ4v) is 4.04. The smallest absolute Gasteiger partial charge is 0.273 e. The largest absolute Gasteiger partial charge is 0.344 e. The number of nitrogens with zero attached hydrogens (tertiary/aromatic N) is 2. The quantitative estimate of drug-likeness (QED) is 0.706. The third-order valence-corrected chi connectivity index (χ3v) is 5.53. The van der Waals surface area contributed by atoms with E-state index < -0.39 is 38.0 Å². The van der Waals surface area contributed by atoms with E-state index in [1.165, 1.54) is 24.6 Å². The molecule has 2 aromatic rings. The zero-order valence-electron chi connectivity index (χ0n) is 14.3. The first-order valence-corrected chi connectivity index (χ1v) is 9.49. The third-order valence-electron chi connectivity index (χ3n) is 3.58. The molecular weight excluding hydrogens is 402 g/mol. The van der Waals surface area contributed by atoms with Gasteiger partial charge in [-0.2, -0.15) is 9.98 Å². The van der Waals surface area contributed by atoms with E-state index >= 15 is 0 Å². The van der Waals surface area contributed by atoms with Crippen LogP contribution in [0.15, 0.2) is 29.3 Å². The lowest BCUT2D eigenvalue weighted by molar-refractivity contribution is 0.101. The zero-order chi connectivity index (χ0) is 20.4. The summed E-state index contributed by atoms with van der Waals surface area (Å²) in [6.07, 6.45) is -0.803. The van der Waals surface area contributed by atoms with E-state index in [2.05, 4.69) is 5.32 Å². The number of sulfonamides is 1. The highest BCUT2D eigenvalue weighted by atomic mass is 35.5. The highest BCUT2D eigenvalue weighted by molar-refractivity contribution is 7.89. The van der Waals surface area contributed by atoms with Crippen LogP contribution in [0.5, 0.6) is 0 Å². The minimum Gasteiger partial charge on any atom is -0.344 e. The predicted octanol–water partition coefficient (Wildman–Crippen LogP) is 2.93. The number of hydrogen-bond donors (Lipinski definition) is 2. The van der Waals surface area contributed by atoms with Crippen molar-refractivity contribution in [1.29, 1.82) is 5.26 Å². The molecule has 11 heteroatoms. The van der Waals surface area contributed by atoms with Gasteiger partial charge in [-0.25, -0.2) is 17.2 Å². The summed E-state index contributed by atoms with van der Waals surface area (Å²) < 4.78 is 54.2. The van der Waals surface area contributed by atoms with Gasteiger partial charge in [-0.15, -0.1) is 0 Å². The first kappa shape index (κ1) is 20.8. The Morgan fingerprint density at radius 1 is 1.44 bits per heavy atom. The lowest BCUT2D eigenvalue weighted by Gasteiger charge is -2.09. The maximum atomic E-state index is 13.4. The predicted molar refractivity (Wildman–Crippen MR) is 95.0 cm³/mol. The van der Waals surface area contributed by atoms with Crippen molar-refractivity contribution < 1.29 is 22.0 Å². The van der Waals surface area contributed by atoms with Gasteiger partial charge < -0.3 is 9.88 Å². The SMILES string of the molecule is CCC(F)NS(=O)(=O)c1cn(C)c(C(=O)Nc2ccc(F)c(C#N)c2)c1Cl. The van der Waals surface area contributed by atoms with Gasteiger partial charge in [0.15, 0.2) is 6.30 Å². The molecule has 1 unspecified atom stereocenters. The first-order chi connectivity index (χ1) is 12.6. The summed E-state index contributed by atoms with van der Waals surface area (Å²) in [6.45, 7) is 1.46. The van der Waals surface area contributed by atoms with Crippen LogP contribution in [0.1, 0.15) is 29.4 Å². The molecule has 1 aromatic heterocycles. The molecule has 2 rings (SSSR count). The molecule has 144 valence electrons. The van der Waals surface area contributed by atoms with Crippen molar-refractivity contribution in [3.8, 4) is 6.07 Å². The molecule has 0 aliphatic carbocycles. The maximum absolute atomic E-state index is 13.4. The summed E-state index contributed by atoms with van der Waals surface area (Å²) in [5, 5.41) is 10.8. The number of hydrogen-bond acceptors (Lipinski definition) is 4. The van der Waals surface area contributed by atoms with Gasteiger partial charge in [0.2, 0.25) is 10.0 Å². The van der Waals surface area contributed by atoms with Crippen molar-refractivity contribution in [3.63, 3.8) is 0 Å². The molecule has 0 aliphatic heterocycles. The number of carbonyl (C=O) groups excluding carboxylic acids is 1. The van der Waals surface area contributed by atoms with Gasteiger partial charge in [0, 0.05) is 18.9 Å². The van der Waals surface area contributed by atoms with Crippen LogP contribution < -0.4 is 10.0 Å². The summed E-state index contributed by atoms with van der Waals surface area (Å²) in [5.41, 5.74) is -0.355. The number of halogens is 3. The van der Waals surface area contributed by atoms with Crippen LogP contribution in [0.2, 0.25) is 5.02 Å². The summed E-state index contributed by atoms with van der Waals surface area (Å²) in [4.78, 5) is 12.0. The second kappa shape index (κ2) is 8.04. The van der Waals surface area contributed by atoms with Crippen molar-refractivity contribution in [2.24, 2.45) is 7.05 Å². The van der Waals surface area contributed by atoms with Gasteiger partial charge in [-0.1, -0.05) is 18.5 Å². The van der Waals surface area contributed by atoms with Crippen LogP contribution in [-0.2, 0) is 17.1 Å². The molecule has 0 aliphatic rings. The molecule has 0 saturated carbocycles. The molecular formula is C16H15ClF2N4O3S. The molecule has 2 N–H and O–H groups in total. The molecule has 27 heavy (non-hydrogen) atoms. The van der Waals surface area contributed by atoms with Crippen LogP contribution in [0.4, 0.5) is 14.5 Å². The van der Waals surface area contributed by atoms with E-state index in [0.29, 0.717) is 0 Å². The molecule has 0 saturated heterocycles. The Balaban J connectivity index is 2.36. The van der Waals surface area contributed by atoms with Crippen LogP contribution >= 0.6 is 11.6 Å². The van der Waals surface area contributed by atoms with Crippen LogP contribution in [0.3, 0.4) is 0 Å². The number of anilines is 1. The standard InChI is InChI=1S/C16H15ClF2N4O3S/c1-3-13(19)22-27(25,26)12-8-23(2)15(14(12)17)16(24)21-10-4-5-11(18)9(6-10)7-20/h4-6,8,13,22H,3H2,1-2H3,(H,21,24). The average Bonchev–Trinajstić information content (AvgIpc) is 2.91. The molecule has 0 spiro atoms. The number of carbonyl (C=O) groups is 1. The molecule has 7 nitrogen and oxygen atoms in total. The second-order valence-electron chi connectivity index (χ2n) is 5.52. The van der Waals surface area contributed by atoms with Crippen molar-refractivity contribution in [3.05, 3.63) is 46.5 Å². The van der Waals surface area contributed by atoms with Crippen molar-refractivity contribution in [1.82, 2.24) is 9.29 Å². The van der Waals surface area contributed by atoms with Crippen molar-refractivity contribution >= 4 is 33.2 Å². The van der Waals surface area contributed by atoms with E-state index in [0.717, 1.165) is 18.3 Å². The van der Waals surface area contributed by atoms with Crippen LogP contribution in [0.25, 0.3) is 0 Å². The Morgan fingerprint density at radius 3 is 2.70 bits per heavy atom. The Hall–Kier alpha value is -2.48. The number of nitrogens with one attached hydrogen (secondary N) is 2. The minimum atomic E-state index is -4.28. The van der Waals surface area contributed by atoms with E-state index in [4.69, 9.17) is 16.9 Å². The lowest BCUT2D eigenvalue weighted by atomic mass is 10.2. The first-order valence-electron chi connectivity index (χ1n) is 7.63. The van der Waals surface area contributed by atoms with E-state index in [1.54, 1.807) is 6.07 Å². The molecule has 0 bridgehead atoms. The van der Waals surface area contributed by atoms with Gasteiger partial charge in [0.1, 0.15) is 22.5 Å². The molecule has 1 atom stereocenters. The molecule has 1 heterocycles. The number of rotatable bonds is 6. The van der Waals surface area contributed by atoms with Gasteiger partial charge in [0.25, 0.3) is 5.91 Å². The number of amides is 1. The number of benzene rings is 1. The van der Waals surface area contributed by atoms with Gasteiger partial charge >= 0.3 is 0 Å². The lowest BCUT2D eigenvalue weighted by Crippen LogP contribution is -2.31. The van der Waals surface area contributed by atoms with Gasteiger partial charge in [-0.05, 0) is 24.6 Å². The molecule has 1 aromatic carbocycles. The Kier molecular flexibility index (Phi) is 6.20. The van der Waals surface area contributed by atoms with Gasteiger partial charge in [-0.3, -0.25) is 4.79 Å². The summed E-state index contributed by atoms with van der Waals surface area (Å²) in [7, 11) is -2.89. The summed E-state index contributed by atoms with van der Waals surface area (Å²) >= 11 is 6.05.